The minimum absolute atomic E-state index is 0.297. The molecule has 1 atom stereocenters. The van der Waals surface area contributed by atoms with E-state index in [-0.39, 0.29) is 5.91 Å². The molecule has 4 N–H and O–H groups in total. The fourth-order valence-electron chi connectivity index (χ4n) is 1.09. The summed E-state index contributed by atoms with van der Waals surface area (Å²) in [4.78, 5) is 11.3. The first-order valence-electron chi connectivity index (χ1n) is 4.92. The van der Waals surface area contributed by atoms with Gasteiger partial charge in [0, 0.05) is 11.4 Å². The van der Waals surface area contributed by atoms with E-state index >= 15 is 0 Å². The number of carbonyl (C=O) groups is 1. The van der Waals surface area contributed by atoms with Gasteiger partial charge >= 0.3 is 0 Å². The molecule has 0 aliphatic carbocycles. The first-order chi connectivity index (χ1) is 7.78. The smallest absolute Gasteiger partial charge is 0.240 e. The zero-order valence-electron chi connectivity index (χ0n) is 9.60. The van der Waals surface area contributed by atoms with Crippen molar-refractivity contribution in [2.75, 3.05) is 16.3 Å². The van der Waals surface area contributed by atoms with Gasteiger partial charge in [0.15, 0.2) is 0 Å². The number of nitrogens with two attached hydrogens (primary N) is 1. The molecule has 1 rings (SSSR count). The molecule has 0 bridgehead atoms. The van der Waals surface area contributed by atoms with E-state index in [1.165, 1.54) is 0 Å². The van der Waals surface area contributed by atoms with Gasteiger partial charge < -0.3 is 11.1 Å². The maximum atomic E-state index is 11.3. The molecule has 1 aromatic carbocycles. The summed E-state index contributed by atoms with van der Waals surface area (Å²) in [6.07, 6.45) is 1.07. The average molecular weight is 257 g/mol. The Hall–Kier alpha value is -1.60. The largest absolute Gasteiger partial charge is 0.325 e. The summed E-state index contributed by atoms with van der Waals surface area (Å²) in [7, 11) is -3.28. The lowest BCUT2D eigenvalue weighted by atomic mass is 10.2. The number of amides is 1. The van der Waals surface area contributed by atoms with E-state index in [1.807, 2.05) is 0 Å². The summed E-state index contributed by atoms with van der Waals surface area (Å²) in [6.45, 7) is 1.58. The molecule has 0 saturated carbocycles. The van der Waals surface area contributed by atoms with Crippen LogP contribution in [0.3, 0.4) is 0 Å². The Morgan fingerprint density at radius 3 is 2.12 bits per heavy atom. The van der Waals surface area contributed by atoms with Gasteiger partial charge in [0.05, 0.1) is 12.3 Å². The van der Waals surface area contributed by atoms with Crippen LogP contribution in [0.15, 0.2) is 24.3 Å². The molecule has 0 heterocycles. The third kappa shape index (κ3) is 4.83. The van der Waals surface area contributed by atoms with Crippen molar-refractivity contribution in [3.63, 3.8) is 0 Å². The Morgan fingerprint density at radius 1 is 1.24 bits per heavy atom. The Labute approximate surface area is 100 Å². The molecular weight excluding hydrogens is 242 g/mol. The van der Waals surface area contributed by atoms with Crippen molar-refractivity contribution in [2.45, 2.75) is 13.0 Å². The van der Waals surface area contributed by atoms with Crippen LogP contribution in [0.1, 0.15) is 6.92 Å². The minimum Gasteiger partial charge on any atom is -0.325 e. The fraction of sp³-hybridized carbons (Fsp3) is 0.300. The third-order valence-corrected chi connectivity index (χ3v) is 2.48. The molecule has 6 nitrogen and oxygen atoms in total. The van der Waals surface area contributed by atoms with Crippen LogP contribution in [-0.2, 0) is 14.8 Å². The molecule has 0 radical (unpaired) electrons. The second-order valence-electron chi connectivity index (χ2n) is 3.73. The monoisotopic (exact) mass is 257 g/mol. The van der Waals surface area contributed by atoms with Crippen LogP contribution in [0.4, 0.5) is 11.4 Å². The van der Waals surface area contributed by atoms with Crippen LogP contribution >= 0.6 is 0 Å². The quantitative estimate of drug-likeness (QED) is 0.724. The Morgan fingerprint density at radius 2 is 1.71 bits per heavy atom. The van der Waals surface area contributed by atoms with E-state index < -0.39 is 16.1 Å². The van der Waals surface area contributed by atoms with E-state index in [0.717, 1.165) is 6.26 Å². The predicted octanol–water partition coefficient (Wildman–Crippen LogP) is 0.344. The fourth-order valence-corrected chi connectivity index (χ4v) is 1.66. The number of anilines is 2. The first kappa shape index (κ1) is 13.5. The molecule has 0 aromatic heterocycles. The molecule has 0 unspecified atom stereocenters. The lowest BCUT2D eigenvalue weighted by Crippen LogP contribution is -2.32. The summed E-state index contributed by atoms with van der Waals surface area (Å²) in [5, 5.41) is 2.59. The van der Waals surface area contributed by atoms with Crippen molar-refractivity contribution in [3.8, 4) is 0 Å². The highest BCUT2D eigenvalue weighted by Gasteiger charge is 2.07. The lowest BCUT2D eigenvalue weighted by molar-refractivity contribution is -0.117. The zero-order valence-corrected chi connectivity index (χ0v) is 10.4. The van der Waals surface area contributed by atoms with Crippen molar-refractivity contribution >= 4 is 27.3 Å². The second-order valence-corrected chi connectivity index (χ2v) is 5.48. The minimum atomic E-state index is -3.28. The molecule has 0 spiro atoms. The predicted molar refractivity (Wildman–Crippen MR) is 67.2 cm³/mol. The highest BCUT2D eigenvalue weighted by Crippen LogP contribution is 2.14. The highest BCUT2D eigenvalue weighted by atomic mass is 32.2. The number of hydrogen-bond donors (Lipinski definition) is 3. The summed E-state index contributed by atoms with van der Waals surface area (Å²) in [5.41, 5.74) is 6.39. The van der Waals surface area contributed by atoms with Crippen molar-refractivity contribution in [1.82, 2.24) is 0 Å². The van der Waals surface area contributed by atoms with Gasteiger partial charge in [-0.1, -0.05) is 0 Å². The second kappa shape index (κ2) is 5.15. The normalized spacial score (nSPS) is 12.9. The van der Waals surface area contributed by atoms with Crippen LogP contribution in [0, 0.1) is 0 Å². The molecule has 1 aromatic rings. The van der Waals surface area contributed by atoms with Gasteiger partial charge in [-0.3, -0.25) is 9.52 Å². The SMILES string of the molecule is C[C@@H](N)C(=O)Nc1ccc(NS(C)(=O)=O)cc1. The molecule has 0 aliphatic heterocycles. The average Bonchev–Trinajstić information content (AvgIpc) is 2.18. The zero-order chi connectivity index (χ0) is 13.1. The number of sulfonamides is 1. The molecule has 0 saturated heterocycles. The number of nitrogens with one attached hydrogen (secondary N) is 2. The summed E-state index contributed by atoms with van der Waals surface area (Å²) < 4.78 is 24.2. The standard InChI is InChI=1S/C10H15N3O3S/c1-7(11)10(14)12-8-3-5-9(6-4-8)13-17(2,15)16/h3-7,13H,11H2,1-2H3,(H,12,14)/t7-/m1/s1. The molecule has 1 amide bonds. The number of benzene rings is 1. The van der Waals surface area contributed by atoms with Crippen LogP contribution in [0.2, 0.25) is 0 Å². The summed E-state index contributed by atoms with van der Waals surface area (Å²) in [5.74, 6) is -0.297. The van der Waals surface area contributed by atoms with Gasteiger partial charge in [-0.25, -0.2) is 8.42 Å². The molecule has 94 valence electrons. The summed E-state index contributed by atoms with van der Waals surface area (Å²) in [6, 6.07) is 5.70. The maximum absolute atomic E-state index is 11.3. The van der Waals surface area contributed by atoms with Crippen molar-refractivity contribution in [3.05, 3.63) is 24.3 Å². The van der Waals surface area contributed by atoms with E-state index in [2.05, 4.69) is 10.0 Å². The molecule has 0 aliphatic rings. The number of hydrogen-bond acceptors (Lipinski definition) is 4. The van der Waals surface area contributed by atoms with Crippen LogP contribution < -0.4 is 15.8 Å². The maximum Gasteiger partial charge on any atom is 0.240 e. The van der Waals surface area contributed by atoms with Gasteiger partial charge in [-0.05, 0) is 31.2 Å². The van der Waals surface area contributed by atoms with E-state index in [4.69, 9.17) is 5.73 Å². The van der Waals surface area contributed by atoms with Gasteiger partial charge in [0.25, 0.3) is 0 Å². The van der Waals surface area contributed by atoms with E-state index in [9.17, 15) is 13.2 Å². The number of carbonyl (C=O) groups excluding carboxylic acids is 1. The van der Waals surface area contributed by atoms with Crippen molar-refractivity contribution < 1.29 is 13.2 Å². The van der Waals surface area contributed by atoms with Gasteiger partial charge in [-0.15, -0.1) is 0 Å². The third-order valence-electron chi connectivity index (χ3n) is 1.87. The van der Waals surface area contributed by atoms with Crippen molar-refractivity contribution in [2.24, 2.45) is 5.73 Å². The Bertz CT molecular complexity index is 494. The van der Waals surface area contributed by atoms with E-state index in [0.29, 0.717) is 11.4 Å². The topological polar surface area (TPSA) is 101 Å². The number of rotatable bonds is 4. The lowest BCUT2D eigenvalue weighted by Gasteiger charge is -2.08. The Kier molecular flexibility index (Phi) is 4.08. The van der Waals surface area contributed by atoms with Crippen LogP contribution in [0.25, 0.3) is 0 Å². The van der Waals surface area contributed by atoms with Gasteiger partial charge in [-0.2, -0.15) is 0 Å². The molecular formula is C10H15N3O3S. The summed E-state index contributed by atoms with van der Waals surface area (Å²) >= 11 is 0. The van der Waals surface area contributed by atoms with Gasteiger partial charge in [0.2, 0.25) is 15.9 Å². The van der Waals surface area contributed by atoms with Crippen LogP contribution in [0.5, 0.6) is 0 Å². The molecule has 7 heteroatoms. The van der Waals surface area contributed by atoms with Crippen LogP contribution in [-0.4, -0.2) is 26.6 Å². The van der Waals surface area contributed by atoms with E-state index in [1.54, 1.807) is 31.2 Å². The first-order valence-corrected chi connectivity index (χ1v) is 6.81. The van der Waals surface area contributed by atoms with Crippen molar-refractivity contribution in [1.29, 1.82) is 0 Å². The van der Waals surface area contributed by atoms with Gasteiger partial charge in [0.1, 0.15) is 0 Å². The Balaban J connectivity index is 2.72. The molecule has 0 fully saturated rings. The molecule has 17 heavy (non-hydrogen) atoms. The highest BCUT2D eigenvalue weighted by molar-refractivity contribution is 7.92.